The van der Waals surface area contributed by atoms with E-state index in [4.69, 9.17) is 0 Å². The lowest BCUT2D eigenvalue weighted by atomic mass is 10.0. The zero-order valence-corrected chi connectivity index (χ0v) is 13.2. The Bertz CT molecular complexity index is 748. The quantitative estimate of drug-likeness (QED) is 0.805. The number of para-hydroxylation sites is 1. The molecule has 22 heavy (non-hydrogen) atoms. The Morgan fingerprint density at radius 3 is 2.77 bits per heavy atom. The van der Waals surface area contributed by atoms with E-state index in [9.17, 15) is 0 Å². The molecule has 1 aliphatic heterocycles. The van der Waals surface area contributed by atoms with Crippen LogP contribution in [0.5, 0.6) is 0 Å². The third-order valence-electron chi connectivity index (χ3n) is 4.26. The van der Waals surface area contributed by atoms with Crippen LogP contribution in [0.3, 0.4) is 0 Å². The van der Waals surface area contributed by atoms with Crippen molar-refractivity contribution in [3.63, 3.8) is 0 Å². The Labute approximate surface area is 134 Å². The number of pyridine rings is 1. The summed E-state index contributed by atoms with van der Waals surface area (Å²) >= 11 is 1.84. The number of hydrogen-bond donors (Lipinski definition) is 1. The maximum absolute atomic E-state index is 4.67. The van der Waals surface area contributed by atoms with E-state index in [-0.39, 0.29) is 0 Å². The number of hydrogen-bond acceptors (Lipinski definition) is 4. The van der Waals surface area contributed by atoms with Gasteiger partial charge >= 0.3 is 0 Å². The molecule has 1 fully saturated rings. The van der Waals surface area contributed by atoms with Crippen molar-refractivity contribution in [2.24, 2.45) is 0 Å². The molecule has 0 radical (unpaired) electrons. The van der Waals surface area contributed by atoms with Gasteiger partial charge in [0.25, 0.3) is 0 Å². The van der Waals surface area contributed by atoms with Crippen molar-refractivity contribution in [3.8, 4) is 0 Å². The number of benzene rings is 1. The minimum absolute atomic E-state index is 0.319. The highest BCUT2D eigenvalue weighted by molar-refractivity contribution is 7.10. The summed E-state index contributed by atoms with van der Waals surface area (Å²) in [4.78, 5) is 8.63. The van der Waals surface area contributed by atoms with Crippen LogP contribution in [0.25, 0.3) is 10.9 Å². The molecule has 1 aromatic carbocycles. The summed E-state index contributed by atoms with van der Waals surface area (Å²) in [5, 5.41) is 6.83. The van der Waals surface area contributed by atoms with Crippen LogP contribution in [0.4, 0.5) is 0 Å². The van der Waals surface area contributed by atoms with E-state index in [1.807, 2.05) is 17.4 Å². The maximum Gasteiger partial charge on any atom is 0.0712 e. The molecule has 112 valence electrons. The Morgan fingerprint density at radius 2 is 1.95 bits per heavy atom. The summed E-state index contributed by atoms with van der Waals surface area (Å²) in [6.45, 7) is 4.27. The molecule has 1 saturated heterocycles. The zero-order valence-electron chi connectivity index (χ0n) is 12.4. The summed E-state index contributed by atoms with van der Waals surface area (Å²) in [5.41, 5.74) is 2.36. The fraction of sp³-hybridized carbons (Fsp3) is 0.278. The first-order valence-corrected chi connectivity index (χ1v) is 8.63. The number of rotatable bonds is 3. The highest BCUT2D eigenvalue weighted by atomic mass is 32.1. The first kappa shape index (κ1) is 13.9. The van der Waals surface area contributed by atoms with Crippen LogP contribution in [-0.4, -0.2) is 36.1 Å². The van der Waals surface area contributed by atoms with Crippen LogP contribution in [0.2, 0.25) is 0 Å². The largest absolute Gasteiger partial charge is 0.314 e. The van der Waals surface area contributed by atoms with Crippen LogP contribution in [0.15, 0.2) is 54.0 Å². The van der Waals surface area contributed by atoms with Crippen molar-refractivity contribution in [3.05, 3.63) is 64.5 Å². The molecule has 2 aromatic heterocycles. The van der Waals surface area contributed by atoms with Crippen molar-refractivity contribution in [2.75, 3.05) is 26.2 Å². The van der Waals surface area contributed by atoms with Crippen LogP contribution in [-0.2, 0) is 0 Å². The number of nitrogens with zero attached hydrogens (tertiary/aromatic N) is 2. The molecule has 0 saturated carbocycles. The molecule has 1 aliphatic rings. The number of fused-ring (bicyclic) bond motifs is 1. The third kappa shape index (κ3) is 2.65. The summed E-state index contributed by atoms with van der Waals surface area (Å²) in [6.07, 6.45) is 2.05. The second kappa shape index (κ2) is 6.16. The third-order valence-corrected chi connectivity index (χ3v) is 5.18. The van der Waals surface area contributed by atoms with Crippen LogP contribution >= 0.6 is 11.3 Å². The van der Waals surface area contributed by atoms with Gasteiger partial charge in [-0.3, -0.25) is 9.88 Å². The van der Waals surface area contributed by atoms with E-state index in [0.29, 0.717) is 6.04 Å². The number of nitrogens with one attached hydrogen (secondary N) is 1. The molecular weight excluding hydrogens is 290 g/mol. The molecule has 1 atom stereocenters. The lowest BCUT2D eigenvalue weighted by Gasteiger charge is -2.34. The van der Waals surface area contributed by atoms with Crippen molar-refractivity contribution in [1.82, 2.24) is 15.2 Å². The predicted octanol–water partition coefficient (Wildman–Crippen LogP) is 3.29. The van der Waals surface area contributed by atoms with Crippen molar-refractivity contribution >= 4 is 22.2 Å². The van der Waals surface area contributed by atoms with E-state index in [2.05, 4.69) is 63.2 Å². The average Bonchev–Trinajstić information content (AvgIpc) is 3.10. The molecular formula is C18H19N3S. The summed E-state index contributed by atoms with van der Waals surface area (Å²) in [6, 6.07) is 15.4. The summed E-state index contributed by atoms with van der Waals surface area (Å²) < 4.78 is 0. The van der Waals surface area contributed by atoms with Gasteiger partial charge in [-0.1, -0.05) is 24.3 Å². The molecule has 1 unspecified atom stereocenters. The van der Waals surface area contributed by atoms with Crippen molar-refractivity contribution < 1.29 is 0 Å². The Balaban J connectivity index is 1.78. The van der Waals surface area contributed by atoms with E-state index in [1.165, 1.54) is 15.8 Å². The van der Waals surface area contributed by atoms with Gasteiger partial charge in [0.1, 0.15) is 0 Å². The molecule has 3 heterocycles. The fourth-order valence-electron chi connectivity index (χ4n) is 3.18. The summed E-state index contributed by atoms with van der Waals surface area (Å²) in [5.74, 6) is 0. The molecule has 4 rings (SSSR count). The van der Waals surface area contributed by atoms with E-state index < -0.39 is 0 Å². The second-order valence-corrected chi connectivity index (χ2v) is 6.64. The van der Waals surface area contributed by atoms with Gasteiger partial charge in [-0.25, -0.2) is 0 Å². The molecule has 1 N–H and O–H groups in total. The topological polar surface area (TPSA) is 28.2 Å². The second-order valence-electron chi connectivity index (χ2n) is 5.67. The maximum atomic E-state index is 4.67. The number of aromatic nitrogens is 1. The monoisotopic (exact) mass is 309 g/mol. The van der Waals surface area contributed by atoms with E-state index >= 15 is 0 Å². The zero-order chi connectivity index (χ0) is 14.8. The average molecular weight is 309 g/mol. The predicted molar refractivity (Wildman–Crippen MR) is 92.3 cm³/mol. The van der Waals surface area contributed by atoms with Gasteiger partial charge in [0, 0.05) is 42.6 Å². The van der Waals surface area contributed by atoms with E-state index in [0.717, 1.165) is 31.7 Å². The molecule has 0 amide bonds. The SMILES string of the molecule is c1csc(C(c2cnc3ccccc3c2)N2CCNCC2)c1. The molecule has 0 bridgehead atoms. The molecule has 0 aliphatic carbocycles. The molecule has 4 heteroatoms. The standard InChI is InChI=1S/C18H19N3S/c1-2-5-16-14(4-1)12-15(13-20-16)18(17-6-3-11-22-17)21-9-7-19-8-10-21/h1-6,11-13,18-19H,7-10H2. The van der Waals surface area contributed by atoms with Crippen LogP contribution in [0.1, 0.15) is 16.5 Å². The molecule has 3 nitrogen and oxygen atoms in total. The highest BCUT2D eigenvalue weighted by Crippen LogP contribution is 2.32. The van der Waals surface area contributed by atoms with Gasteiger partial charge in [0.05, 0.1) is 11.6 Å². The smallest absolute Gasteiger partial charge is 0.0712 e. The lowest BCUT2D eigenvalue weighted by molar-refractivity contribution is 0.200. The first-order chi connectivity index (χ1) is 10.9. The fourth-order valence-corrected chi connectivity index (χ4v) is 4.07. The first-order valence-electron chi connectivity index (χ1n) is 7.75. The Hall–Kier alpha value is -1.75. The number of piperazine rings is 1. The lowest BCUT2D eigenvalue weighted by Crippen LogP contribution is -2.45. The van der Waals surface area contributed by atoms with Crippen LogP contribution < -0.4 is 5.32 Å². The van der Waals surface area contributed by atoms with Gasteiger partial charge in [0.15, 0.2) is 0 Å². The van der Waals surface area contributed by atoms with Crippen LogP contribution in [0, 0.1) is 0 Å². The van der Waals surface area contributed by atoms with Gasteiger partial charge in [-0.2, -0.15) is 0 Å². The minimum Gasteiger partial charge on any atom is -0.314 e. The van der Waals surface area contributed by atoms with Gasteiger partial charge in [-0.05, 0) is 29.1 Å². The van der Waals surface area contributed by atoms with Gasteiger partial charge in [-0.15, -0.1) is 11.3 Å². The van der Waals surface area contributed by atoms with E-state index in [1.54, 1.807) is 0 Å². The Morgan fingerprint density at radius 1 is 1.09 bits per heavy atom. The van der Waals surface area contributed by atoms with Crippen molar-refractivity contribution in [1.29, 1.82) is 0 Å². The molecule has 0 spiro atoms. The molecule has 3 aromatic rings. The van der Waals surface area contributed by atoms with Gasteiger partial charge < -0.3 is 5.32 Å². The van der Waals surface area contributed by atoms with Gasteiger partial charge in [0.2, 0.25) is 0 Å². The van der Waals surface area contributed by atoms with Crippen molar-refractivity contribution in [2.45, 2.75) is 6.04 Å². The highest BCUT2D eigenvalue weighted by Gasteiger charge is 2.25. The summed E-state index contributed by atoms with van der Waals surface area (Å²) in [7, 11) is 0. The number of thiophene rings is 1. The Kier molecular flexibility index (Phi) is 3.89. The minimum atomic E-state index is 0.319. The normalized spacial score (nSPS) is 17.6.